The van der Waals surface area contributed by atoms with E-state index in [1.807, 2.05) is 0 Å². The Labute approximate surface area is 142 Å². The van der Waals surface area contributed by atoms with Gasteiger partial charge in [-0.15, -0.1) is 0 Å². The first-order valence-corrected chi connectivity index (χ1v) is 7.40. The molecule has 1 N–H and O–H groups in total. The lowest BCUT2D eigenvalue weighted by Gasteiger charge is -2.08. The largest absolute Gasteiger partial charge is 0.484 e. The second-order valence-corrected chi connectivity index (χ2v) is 5.06. The molecule has 2 aromatic carbocycles. The molecule has 0 aromatic heterocycles. The second kappa shape index (κ2) is 8.00. The maximum absolute atomic E-state index is 13.6. The van der Waals surface area contributed by atoms with Crippen molar-refractivity contribution in [3.63, 3.8) is 0 Å². The van der Waals surface area contributed by atoms with Crippen molar-refractivity contribution in [1.29, 1.82) is 0 Å². The third kappa shape index (κ3) is 4.84. The number of rotatable bonds is 7. The van der Waals surface area contributed by atoms with Crippen LogP contribution in [0.3, 0.4) is 0 Å². The molecule has 0 fully saturated rings. The van der Waals surface area contributed by atoms with E-state index in [4.69, 9.17) is 4.74 Å². The van der Waals surface area contributed by atoms with E-state index in [0.29, 0.717) is 17.7 Å². The molecule has 0 aliphatic heterocycles. The Bertz CT molecular complexity index is 805. The van der Waals surface area contributed by atoms with E-state index in [0.717, 1.165) is 18.2 Å². The maximum Gasteiger partial charge on any atom is 0.271 e. The van der Waals surface area contributed by atoms with Gasteiger partial charge in [-0.3, -0.25) is 19.7 Å². The van der Waals surface area contributed by atoms with Crippen molar-refractivity contribution in [2.24, 2.45) is 0 Å². The van der Waals surface area contributed by atoms with E-state index in [1.165, 1.54) is 0 Å². The minimum absolute atomic E-state index is 0.00885. The first-order valence-electron chi connectivity index (χ1n) is 7.40. The van der Waals surface area contributed by atoms with Crippen molar-refractivity contribution >= 4 is 23.1 Å². The van der Waals surface area contributed by atoms with Gasteiger partial charge in [0.2, 0.25) is 0 Å². The molecular weight excluding hydrogens is 331 g/mol. The average Bonchev–Trinajstić information content (AvgIpc) is 2.61. The molecule has 2 rings (SSSR count). The fraction of sp³-hybridized carbons (Fsp3) is 0.176. The van der Waals surface area contributed by atoms with Gasteiger partial charge >= 0.3 is 0 Å². The summed E-state index contributed by atoms with van der Waals surface area (Å²) in [6.45, 7) is 1.34. The smallest absolute Gasteiger partial charge is 0.271 e. The number of anilines is 1. The summed E-state index contributed by atoms with van der Waals surface area (Å²) in [6, 6.07) is 9.09. The molecule has 7 nitrogen and oxygen atoms in total. The Hall–Kier alpha value is -3.29. The number of nitrogens with one attached hydrogen (secondary N) is 1. The highest BCUT2D eigenvalue weighted by Crippen LogP contribution is 2.21. The number of nitrogens with zero attached hydrogens (tertiary/aromatic N) is 1. The van der Waals surface area contributed by atoms with Crippen LogP contribution in [-0.4, -0.2) is 23.2 Å². The number of Topliss-reactive ketones (excluding diaryl/α,β-unsaturated/α-hetero) is 1. The number of hydrogen-bond donors (Lipinski definition) is 1. The van der Waals surface area contributed by atoms with Gasteiger partial charge in [0.05, 0.1) is 10.6 Å². The van der Waals surface area contributed by atoms with Gasteiger partial charge in [0, 0.05) is 24.1 Å². The lowest BCUT2D eigenvalue weighted by molar-refractivity contribution is -0.384. The number of ether oxygens (including phenoxy) is 1. The van der Waals surface area contributed by atoms with Gasteiger partial charge < -0.3 is 10.1 Å². The normalized spacial score (nSPS) is 10.2. The first-order chi connectivity index (χ1) is 11.9. The van der Waals surface area contributed by atoms with Crippen molar-refractivity contribution in [3.8, 4) is 5.75 Å². The quantitative estimate of drug-likeness (QED) is 0.471. The molecule has 0 atom stereocenters. The van der Waals surface area contributed by atoms with Crippen LogP contribution in [0.2, 0.25) is 0 Å². The molecule has 1 amide bonds. The Morgan fingerprint density at radius 3 is 2.48 bits per heavy atom. The zero-order valence-corrected chi connectivity index (χ0v) is 13.3. The fourth-order valence-electron chi connectivity index (χ4n) is 2.00. The van der Waals surface area contributed by atoms with Crippen LogP contribution in [-0.2, 0) is 4.79 Å². The van der Waals surface area contributed by atoms with Crippen molar-refractivity contribution in [2.75, 3.05) is 11.9 Å². The number of nitro groups is 1. The number of halogens is 1. The zero-order valence-electron chi connectivity index (χ0n) is 13.3. The van der Waals surface area contributed by atoms with Crippen molar-refractivity contribution in [3.05, 3.63) is 64.0 Å². The Balaban J connectivity index is 1.96. The summed E-state index contributed by atoms with van der Waals surface area (Å²) in [5.41, 5.74) is -0.0987. The highest BCUT2D eigenvalue weighted by atomic mass is 19.1. The highest BCUT2D eigenvalue weighted by molar-refractivity contribution is 5.96. The van der Waals surface area contributed by atoms with Gasteiger partial charge in [-0.05, 0) is 30.3 Å². The minimum atomic E-state index is -0.790. The van der Waals surface area contributed by atoms with E-state index >= 15 is 0 Å². The number of non-ortho nitro benzene ring substituents is 1. The molecule has 0 radical (unpaired) electrons. The van der Waals surface area contributed by atoms with Crippen molar-refractivity contribution < 1.29 is 23.6 Å². The number of nitro benzene ring substituents is 1. The van der Waals surface area contributed by atoms with Gasteiger partial charge in [-0.25, -0.2) is 4.39 Å². The summed E-state index contributed by atoms with van der Waals surface area (Å²) in [5, 5.41) is 12.9. The third-order valence-electron chi connectivity index (χ3n) is 3.30. The fourth-order valence-corrected chi connectivity index (χ4v) is 2.00. The summed E-state index contributed by atoms with van der Waals surface area (Å²) >= 11 is 0. The lowest BCUT2D eigenvalue weighted by atomic mass is 10.1. The van der Waals surface area contributed by atoms with Gasteiger partial charge in [-0.1, -0.05) is 6.92 Å². The van der Waals surface area contributed by atoms with Crippen molar-refractivity contribution in [2.45, 2.75) is 13.3 Å². The molecule has 0 spiro atoms. The number of hydrogen-bond acceptors (Lipinski definition) is 5. The van der Waals surface area contributed by atoms with E-state index in [2.05, 4.69) is 5.32 Å². The minimum Gasteiger partial charge on any atom is -0.484 e. The van der Waals surface area contributed by atoms with Crippen LogP contribution in [0.15, 0.2) is 42.5 Å². The van der Waals surface area contributed by atoms with Crippen LogP contribution in [0.5, 0.6) is 5.75 Å². The summed E-state index contributed by atoms with van der Waals surface area (Å²) < 4.78 is 18.8. The molecule has 0 heterocycles. The Kier molecular flexibility index (Phi) is 5.78. The number of carbonyl (C=O) groups is 2. The predicted octanol–water partition coefficient (Wildman–Crippen LogP) is 3.34. The van der Waals surface area contributed by atoms with Crippen LogP contribution in [0.4, 0.5) is 15.8 Å². The molecule has 25 heavy (non-hydrogen) atoms. The van der Waals surface area contributed by atoms with Crippen LogP contribution in [0.1, 0.15) is 23.7 Å². The Morgan fingerprint density at radius 1 is 1.20 bits per heavy atom. The van der Waals surface area contributed by atoms with Crippen LogP contribution < -0.4 is 10.1 Å². The second-order valence-electron chi connectivity index (χ2n) is 5.06. The van der Waals surface area contributed by atoms with Gasteiger partial charge in [0.1, 0.15) is 11.6 Å². The average molecular weight is 346 g/mol. The zero-order chi connectivity index (χ0) is 18.4. The highest BCUT2D eigenvalue weighted by Gasteiger charge is 2.13. The SMILES string of the molecule is CCC(=O)c1ccc(OCC(=O)Nc2cc([N+](=O)[O-])ccc2F)cc1. The van der Waals surface area contributed by atoms with Gasteiger partial charge in [0.25, 0.3) is 11.6 Å². The number of carbonyl (C=O) groups excluding carboxylic acids is 2. The summed E-state index contributed by atoms with van der Waals surface area (Å²) in [5.74, 6) is -1.11. The number of amides is 1. The third-order valence-corrected chi connectivity index (χ3v) is 3.30. The van der Waals surface area contributed by atoms with E-state index < -0.39 is 23.3 Å². The molecule has 0 aliphatic rings. The van der Waals surface area contributed by atoms with E-state index in [-0.39, 0.29) is 17.2 Å². The van der Waals surface area contributed by atoms with E-state index in [1.54, 1.807) is 31.2 Å². The first kappa shape index (κ1) is 18.1. The molecule has 2 aromatic rings. The molecule has 0 bridgehead atoms. The molecule has 0 saturated carbocycles. The topological polar surface area (TPSA) is 98.5 Å². The molecule has 0 saturated heterocycles. The lowest BCUT2D eigenvalue weighted by Crippen LogP contribution is -2.20. The molecular formula is C17H15FN2O5. The summed E-state index contributed by atoms with van der Waals surface area (Å²) in [6.07, 6.45) is 0.386. The van der Waals surface area contributed by atoms with Crippen LogP contribution in [0, 0.1) is 15.9 Å². The molecule has 8 heteroatoms. The summed E-state index contributed by atoms with van der Waals surface area (Å²) in [7, 11) is 0. The molecule has 0 unspecified atom stereocenters. The predicted molar refractivity (Wildman–Crippen MR) is 88.2 cm³/mol. The van der Waals surface area contributed by atoms with Crippen LogP contribution in [0.25, 0.3) is 0 Å². The van der Waals surface area contributed by atoms with Crippen LogP contribution >= 0.6 is 0 Å². The maximum atomic E-state index is 13.6. The monoisotopic (exact) mass is 346 g/mol. The van der Waals surface area contributed by atoms with Gasteiger partial charge in [-0.2, -0.15) is 0 Å². The number of benzene rings is 2. The Morgan fingerprint density at radius 2 is 1.88 bits per heavy atom. The van der Waals surface area contributed by atoms with Crippen molar-refractivity contribution in [1.82, 2.24) is 0 Å². The molecule has 0 aliphatic carbocycles. The number of ketones is 1. The van der Waals surface area contributed by atoms with Gasteiger partial charge in [0.15, 0.2) is 12.4 Å². The summed E-state index contributed by atoms with van der Waals surface area (Å²) in [4.78, 5) is 33.3. The standard InChI is InChI=1S/C17H15FN2O5/c1-2-16(21)11-3-6-13(7-4-11)25-10-17(22)19-15-9-12(20(23)24)5-8-14(15)18/h3-9H,2,10H2,1H3,(H,19,22). The van der Waals surface area contributed by atoms with E-state index in [9.17, 15) is 24.1 Å². The molecule has 130 valence electrons.